The molecule has 1 rings (SSSR count). The van der Waals surface area contributed by atoms with E-state index >= 15 is 0 Å². The fourth-order valence-electron chi connectivity index (χ4n) is 1.70. The van der Waals surface area contributed by atoms with Crippen molar-refractivity contribution < 1.29 is 14.2 Å². The van der Waals surface area contributed by atoms with Crippen LogP contribution in [0.2, 0.25) is 0 Å². The molecule has 1 heterocycles. The first-order valence-corrected chi connectivity index (χ1v) is 5.90. The van der Waals surface area contributed by atoms with Crippen LogP contribution in [0.15, 0.2) is 0 Å². The molecule has 0 aromatic rings. The zero-order valence-corrected chi connectivity index (χ0v) is 10.6. The molecule has 1 aliphatic rings. The molecule has 0 aromatic heterocycles. The second kappa shape index (κ2) is 6.74. The number of hydrogen-bond acceptors (Lipinski definition) is 5. The third-order valence-electron chi connectivity index (χ3n) is 2.88. The molecule has 2 unspecified atom stereocenters. The zero-order valence-electron chi connectivity index (χ0n) is 9.87. The molecule has 0 amide bonds. The minimum atomic E-state index is -0.751. The Labute approximate surface area is 102 Å². The largest absolute Gasteiger partial charge is 0.358 e. The van der Waals surface area contributed by atoms with Crippen molar-refractivity contribution in [2.24, 2.45) is 5.73 Å². The van der Waals surface area contributed by atoms with Crippen LogP contribution in [0.5, 0.6) is 0 Å². The van der Waals surface area contributed by atoms with E-state index in [1.807, 2.05) is 0 Å². The Balaban J connectivity index is 2.23. The van der Waals surface area contributed by atoms with Gasteiger partial charge in [0.05, 0.1) is 12.6 Å². The number of methoxy groups -OCH3 is 2. The zero-order chi connectivity index (χ0) is 12.0. The maximum Gasteiger partial charge on any atom is 0.192 e. The standard InChI is InChI=1S/C10H21ClN2O3/c1-14-10(6-12,15-2)7-13-5-8-3-4-9(11)16-8/h8-9,13H,3-7,12H2,1-2H3. The van der Waals surface area contributed by atoms with Gasteiger partial charge < -0.3 is 25.3 Å². The van der Waals surface area contributed by atoms with Gasteiger partial charge in [0.25, 0.3) is 0 Å². The van der Waals surface area contributed by atoms with Crippen LogP contribution in [-0.4, -0.2) is 51.3 Å². The van der Waals surface area contributed by atoms with Crippen molar-refractivity contribution in [1.29, 1.82) is 0 Å². The lowest BCUT2D eigenvalue weighted by atomic mass is 10.2. The molecule has 1 aliphatic heterocycles. The summed E-state index contributed by atoms with van der Waals surface area (Å²) in [6, 6.07) is 0. The van der Waals surface area contributed by atoms with E-state index in [1.165, 1.54) is 0 Å². The highest BCUT2D eigenvalue weighted by atomic mass is 35.5. The first-order valence-electron chi connectivity index (χ1n) is 5.46. The molecular weight excluding hydrogens is 232 g/mol. The molecule has 0 radical (unpaired) electrons. The first-order chi connectivity index (χ1) is 7.65. The predicted octanol–water partition coefficient (Wildman–Crippen LogP) is 0.268. The van der Waals surface area contributed by atoms with Gasteiger partial charge in [-0.3, -0.25) is 0 Å². The van der Waals surface area contributed by atoms with E-state index in [2.05, 4.69) is 5.32 Å². The number of hydrogen-bond donors (Lipinski definition) is 2. The van der Waals surface area contributed by atoms with Crippen LogP contribution < -0.4 is 11.1 Å². The average Bonchev–Trinajstić information content (AvgIpc) is 2.71. The fraction of sp³-hybridized carbons (Fsp3) is 1.00. The lowest BCUT2D eigenvalue weighted by Gasteiger charge is -2.30. The van der Waals surface area contributed by atoms with Crippen LogP contribution in [0.1, 0.15) is 12.8 Å². The third kappa shape index (κ3) is 3.84. The average molecular weight is 253 g/mol. The first kappa shape index (κ1) is 14.2. The minimum Gasteiger partial charge on any atom is -0.358 e. The molecule has 1 fully saturated rings. The Kier molecular flexibility index (Phi) is 5.96. The molecule has 1 saturated heterocycles. The van der Waals surface area contributed by atoms with Crippen LogP contribution in [0.25, 0.3) is 0 Å². The van der Waals surface area contributed by atoms with E-state index in [9.17, 15) is 0 Å². The fourth-order valence-corrected chi connectivity index (χ4v) is 1.97. The van der Waals surface area contributed by atoms with Gasteiger partial charge in [0.1, 0.15) is 5.56 Å². The number of ether oxygens (including phenoxy) is 3. The Morgan fingerprint density at radius 2 is 2.12 bits per heavy atom. The summed E-state index contributed by atoms with van der Waals surface area (Å²) in [6.07, 6.45) is 2.06. The summed E-state index contributed by atoms with van der Waals surface area (Å²) in [5, 5.41) is 3.23. The number of nitrogens with one attached hydrogen (secondary N) is 1. The number of rotatable bonds is 7. The Morgan fingerprint density at radius 1 is 1.44 bits per heavy atom. The third-order valence-corrected chi connectivity index (χ3v) is 3.20. The molecule has 0 spiro atoms. The van der Waals surface area contributed by atoms with E-state index < -0.39 is 5.79 Å². The molecular formula is C10H21ClN2O3. The van der Waals surface area contributed by atoms with Gasteiger partial charge >= 0.3 is 0 Å². The summed E-state index contributed by atoms with van der Waals surface area (Å²) in [5.41, 5.74) is 5.46. The Hall–Kier alpha value is 0.0900. The summed E-state index contributed by atoms with van der Waals surface area (Å²) in [5.74, 6) is -0.751. The summed E-state index contributed by atoms with van der Waals surface area (Å²) >= 11 is 5.84. The topological polar surface area (TPSA) is 65.7 Å². The van der Waals surface area contributed by atoms with Gasteiger partial charge in [0.15, 0.2) is 5.79 Å². The minimum absolute atomic E-state index is 0.143. The van der Waals surface area contributed by atoms with Crippen molar-refractivity contribution in [2.75, 3.05) is 33.9 Å². The summed E-state index contributed by atoms with van der Waals surface area (Å²) in [6.45, 7) is 1.57. The van der Waals surface area contributed by atoms with Crippen LogP contribution in [0.4, 0.5) is 0 Å². The van der Waals surface area contributed by atoms with Gasteiger partial charge in [-0.05, 0) is 12.8 Å². The molecule has 2 atom stereocenters. The lowest BCUT2D eigenvalue weighted by molar-refractivity contribution is -0.195. The highest BCUT2D eigenvalue weighted by Gasteiger charge is 2.29. The van der Waals surface area contributed by atoms with Crippen molar-refractivity contribution in [1.82, 2.24) is 5.32 Å². The summed E-state index contributed by atoms with van der Waals surface area (Å²) < 4.78 is 16.0. The van der Waals surface area contributed by atoms with E-state index in [0.717, 1.165) is 19.4 Å². The Morgan fingerprint density at radius 3 is 2.56 bits per heavy atom. The second-order valence-corrected chi connectivity index (χ2v) is 4.39. The molecule has 3 N–H and O–H groups in total. The summed E-state index contributed by atoms with van der Waals surface area (Å²) in [4.78, 5) is 0. The highest BCUT2D eigenvalue weighted by molar-refractivity contribution is 6.19. The smallest absolute Gasteiger partial charge is 0.192 e. The molecule has 96 valence electrons. The quantitative estimate of drug-likeness (QED) is 0.503. The molecule has 16 heavy (non-hydrogen) atoms. The van der Waals surface area contributed by atoms with Gasteiger partial charge in [-0.25, -0.2) is 0 Å². The van der Waals surface area contributed by atoms with Crippen molar-refractivity contribution in [2.45, 2.75) is 30.3 Å². The van der Waals surface area contributed by atoms with Crippen LogP contribution in [0.3, 0.4) is 0 Å². The maximum absolute atomic E-state index is 5.84. The molecule has 0 bridgehead atoms. The molecule has 5 nitrogen and oxygen atoms in total. The van der Waals surface area contributed by atoms with Gasteiger partial charge in [-0.15, -0.1) is 0 Å². The monoisotopic (exact) mass is 252 g/mol. The summed E-state index contributed by atoms with van der Waals surface area (Å²) in [7, 11) is 3.16. The van der Waals surface area contributed by atoms with Crippen molar-refractivity contribution in [3.63, 3.8) is 0 Å². The Bertz CT molecular complexity index is 194. The normalized spacial score (nSPS) is 26.2. The van der Waals surface area contributed by atoms with E-state index in [0.29, 0.717) is 13.1 Å². The van der Waals surface area contributed by atoms with Crippen molar-refractivity contribution in [3.8, 4) is 0 Å². The van der Waals surface area contributed by atoms with Gasteiger partial charge in [0.2, 0.25) is 0 Å². The number of halogens is 1. The molecule has 6 heteroatoms. The van der Waals surface area contributed by atoms with Crippen molar-refractivity contribution in [3.05, 3.63) is 0 Å². The van der Waals surface area contributed by atoms with Crippen LogP contribution >= 0.6 is 11.6 Å². The van der Waals surface area contributed by atoms with Gasteiger partial charge in [-0.1, -0.05) is 11.6 Å². The number of alkyl halides is 1. The number of nitrogens with two attached hydrogens (primary N) is 1. The highest BCUT2D eigenvalue weighted by Crippen LogP contribution is 2.21. The van der Waals surface area contributed by atoms with Gasteiger partial charge in [-0.2, -0.15) is 0 Å². The van der Waals surface area contributed by atoms with Crippen molar-refractivity contribution >= 4 is 11.6 Å². The second-order valence-electron chi connectivity index (χ2n) is 3.90. The maximum atomic E-state index is 5.84. The van der Waals surface area contributed by atoms with E-state index in [1.54, 1.807) is 14.2 Å². The van der Waals surface area contributed by atoms with Crippen LogP contribution in [0, 0.1) is 0 Å². The molecule has 0 aromatic carbocycles. The lowest BCUT2D eigenvalue weighted by Crippen LogP contribution is -2.51. The van der Waals surface area contributed by atoms with Crippen LogP contribution in [-0.2, 0) is 14.2 Å². The predicted molar refractivity (Wildman–Crippen MR) is 62.4 cm³/mol. The van der Waals surface area contributed by atoms with E-state index in [4.69, 9.17) is 31.5 Å². The molecule has 0 saturated carbocycles. The SMILES string of the molecule is COC(CN)(CNCC1CCC(Cl)O1)OC. The van der Waals surface area contributed by atoms with E-state index in [-0.39, 0.29) is 11.7 Å². The molecule has 0 aliphatic carbocycles. The van der Waals surface area contributed by atoms with Gasteiger partial charge in [0, 0.05) is 27.3 Å².